The maximum Gasteiger partial charge on any atom is 0.123 e. The zero-order valence-electron chi connectivity index (χ0n) is 21.8. The average molecular weight is 510 g/mol. The Labute approximate surface area is 219 Å². The van der Waals surface area contributed by atoms with Gasteiger partial charge in [0.25, 0.3) is 0 Å². The first-order chi connectivity index (χ1) is 18.0. The first-order valence-electron chi connectivity index (χ1n) is 14.3. The van der Waals surface area contributed by atoms with Crippen LogP contribution in [-0.2, 0) is 9.57 Å². The number of hydrogen-bond acceptors (Lipinski definition) is 6. The molecule has 3 fully saturated rings. The number of ether oxygens (including phenoxy) is 1. The minimum absolute atomic E-state index is 0.111. The molecule has 2 aliphatic carbocycles. The van der Waals surface area contributed by atoms with E-state index < -0.39 is 0 Å². The number of aliphatic hydroxyl groups is 1. The summed E-state index contributed by atoms with van der Waals surface area (Å²) < 4.78 is 20.4. The number of fused-ring (bicyclic) bond motifs is 2. The first kappa shape index (κ1) is 24.1. The molecule has 0 aromatic heterocycles. The number of hydroxylamine groups is 2. The minimum Gasteiger partial charge on any atom is -0.493 e. The van der Waals surface area contributed by atoms with E-state index in [9.17, 15) is 9.50 Å². The molecule has 37 heavy (non-hydrogen) atoms. The van der Waals surface area contributed by atoms with Crippen molar-refractivity contribution in [1.82, 2.24) is 15.3 Å². The Morgan fingerprint density at radius 2 is 2.08 bits per heavy atom. The Balaban J connectivity index is 1.17. The second-order valence-electron chi connectivity index (χ2n) is 12.5. The van der Waals surface area contributed by atoms with Crippen molar-refractivity contribution in [3.8, 4) is 0 Å². The summed E-state index contributed by atoms with van der Waals surface area (Å²) in [6, 6.07) is 8.54. The minimum atomic E-state index is -0.346. The molecule has 7 rings (SSSR count). The van der Waals surface area contributed by atoms with E-state index in [1.165, 1.54) is 17.6 Å². The van der Waals surface area contributed by atoms with Crippen LogP contribution in [0.25, 0.3) is 0 Å². The van der Waals surface area contributed by atoms with E-state index in [1.54, 1.807) is 19.2 Å². The Hall–Kier alpha value is -1.93. The molecule has 4 aliphatic heterocycles. The molecule has 0 amide bonds. The van der Waals surface area contributed by atoms with Crippen LogP contribution in [0.3, 0.4) is 0 Å². The van der Waals surface area contributed by atoms with Crippen LogP contribution in [0.15, 0.2) is 47.9 Å². The highest BCUT2D eigenvalue weighted by atomic mass is 19.1. The maximum atomic E-state index is 13.8. The molecule has 1 spiro atoms. The number of hydrogen-bond donors (Lipinski definition) is 2. The molecule has 2 saturated heterocycles. The fourth-order valence-electron chi connectivity index (χ4n) is 8.68. The summed E-state index contributed by atoms with van der Waals surface area (Å²) in [5, 5.41) is 16.2. The smallest absolute Gasteiger partial charge is 0.123 e. The molecule has 2 bridgehead atoms. The number of rotatable bonds is 6. The Morgan fingerprint density at radius 3 is 2.84 bits per heavy atom. The summed E-state index contributed by atoms with van der Waals surface area (Å²) in [7, 11) is 1.73. The summed E-state index contributed by atoms with van der Waals surface area (Å²) in [6.45, 7) is 4.03. The van der Waals surface area contributed by atoms with Gasteiger partial charge in [-0.1, -0.05) is 18.2 Å². The van der Waals surface area contributed by atoms with Crippen molar-refractivity contribution >= 4 is 0 Å². The summed E-state index contributed by atoms with van der Waals surface area (Å²) in [4.78, 5) is 8.34. The number of halogens is 1. The molecule has 7 heteroatoms. The van der Waals surface area contributed by atoms with Gasteiger partial charge in [-0.15, -0.1) is 0 Å². The van der Waals surface area contributed by atoms with Gasteiger partial charge in [0.1, 0.15) is 11.9 Å². The van der Waals surface area contributed by atoms with Crippen LogP contribution in [0.5, 0.6) is 0 Å². The van der Waals surface area contributed by atoms with Crippen molar-refractivity contribution in [2.24, 2.45) is 17.3 Å². The highest BCUT2D eigenvalue weighted by molar-refractivity contribution is 5.38. The second-order valence-corrected chi connectivity index (χ2v) is 12.5. The van der Waals surface area contributed by atoms with Gasteiger partial charge >= 0.3 is 0 Å². The zero-order valence-corrected chi connectivity index (χ0v) is 21.8. The van der Waals surface area contributed by atoms with Crippen molar-refractivity contribution in [3.63, 3.8) is 0 Å². The van der Waals surface area contributed by atoms with E-state index in [-0.39, 0.29) is 29.4 Å². The molecule has 7 unspecified atom stereocenters. The molecule has 6 nitrogen and oxygen atoms in total. The summed E-state index contributed by atoms with van der Waals surface area (Å²) >= 11 is 0. The average Bonchev–Trinajstić information content (AvgIpc) is 3.56. The molecule has 4 heterocycles. The highest BCUT2D eigenvalue weighted by Crippen LogP contribution is 2.60. The van der Waals surface area contributed by atoms with Crippen molar-refractivity contribution in [2.45, 2.75) is 75.2 Å². The van der Waals surface area contributed by atoms with E-state index in [0.29, 0.717) is 30.3 Å². The van der Waals surface area contributed by atoms with Crippen molar-refractivity contribution in [2.75, 3.05) is 33.3 Å². The van der Waals surface area contributed by atoms with Crippen LogP contribution >= 0.6 is 0 Å². The summed E-state index contributed by atoms with van der Waals surface area (Å²) in [5.74, 6) is 2.09. The number of nitrogens with one attached hydrogen (secondary N) is 1. The third-order valence-corrected chi connectivity index (χ3v) is 10.3. The van der Waals surface area contributed by atoms with Crippen LogP contribution in [0.1, 0.15) is 56.4 Å². The van der Waals surface area contributed by atoms with Gasteiger partial charge in [-0.3, -0.25) is 14.8 Å². The van der Waals surface area contributed by atoms with Crippen LogP contribution in [-0.4, -0.2) is 72.7 Å². The molecule has 1 aromatic carbocycles. The number of aliphatic hydroxyl groups excluding tert-OH is 1. The SMILES string of the molecule is CON1C=CC23CC(CC(CN4CC5CC4CN5)c4ccc(F)cc4)CCC2OC2=C3C(C[C@@H](O)C2)C1. The Bertz CT molecular complexity index is 1080. The van der Waals surface area contributed by atoms with Gasteiger partial charge in [0.15, 0.2) is 0 Å². The van der Waals surface area contributed by atoms with Crippen LogP contribution in [0.4, 0.5) is 4.39 Å². The lowest BCUT2D eigenvalue weighted by molar-refractivity contribution is -0.0967. The lowest BCUT2D eigenvalue weighted by Crippen LogP contribution is -2.45. The predicted molar refractivity (Wildman–Crippen MR) is 139 cm³/mol. The topological polar surface area (TPSA) is 57.2 Å². The molecule has 1 saturated carbocycles. The zero-order chi connectivity index (χ0) is 25.1. The van der Waals surface area contributed by atoms with Gasteiger partial charge in [0.05, 0.1) is 30.9 Å². The third kappa shape index (κ3) is 4.22. The number of likely N-dealkylation sites (tertiary alicyclic amines) is 1. The van der Waals surface area contributed by atoms with Crippen LogP contribution in [0, 0.1) is 23.1 Å². The highest BCUT2D eigenvalue weighted by Gasteiger charge is 2.56. The molecule has 6 aliphatic rings. The quantitative estimate of drug-likeness (QED) is 0.606. The maximum absolute atomic E-state index is 13.8. The molecule has 8 atom stereocenters. The lowest BCUT2D eigenvalue weighted by Gasteiger charge is -2.44. The largest absolute Gasteiger partial charge is 0.493 e. The number of nitrogens with zero attached hydrogens (tertiary/aromatic N) is 2. The number of piperazine rings is 1. The monoisotopic (exact) mass is 509 g/mol. The van der Waals surface area contributed by atoms with Gasteiger partial charge in [-0.2, -0.15) is 0 Å². The molecular formula is C30H40FN3O3. The number of benzene rings is 1. The van der Waals surface area contributed by atoms with Crippen LogP contribution < -0.4 is 5.32 Å². The molecular weight excluding hydrogens is 469 g/mol. The van der Waals surface area contributed by atoms with E-state index in [0.717, 1.165) is 64.0 Å². The van der Waals surface area contributed by atoms with Gasteiger partial charge < -0.3 is 15.2 Å². The second kappa shape index (κ2) is 9.37. The Morgan fingerprint density at radius 1 is 1.22 bits per heavy atom. The molecule has 2 N–H and O–H groups in total. The molecule has 200 valence electrons. The summed E-state index contributed by atoms with van der Waals surface area (Å²) in [5.41, 5.74) is 2.59. The van der Waals surface area contributed by atoms with E-state index in [1.807, 2.05) is 17.2 Å². The first-order valence-corrected chi connectivity index (χ1v) is 14.3. The lowest BCUT2D eigenvalue weighted by atomic mass is 9.59. The van der Waals surface area contributed by atoms with E-state index >= 15 is 0 Å². The standard InChI is InChI=1S/C30H40FN3O3/c1-36-34-9-8-30-14-19(2-7-28(30)37-27-13-26(35)11-22(17-34)29(27)30)10-21(20-3-5-23(31)6-4-20)16-33-18-24-12-25(33)15-32-24/h3-6,8-9,19,21-22,24-26,28,32,35H,2,7,10-18H2,1H3/t19?,21?,22?,24?,25?,26-,28?,30?/m1/s1. The fraction of sp³-hybridized carbons (Fsp3) is 0.667. The van der Waals surface area contributed by atoms with Gasteiger partial charge in [-0.05, 0) is 73.6 Å². The van der Waals surface area contributed by atoms with Gasteiger partial charge in [-0.25, -0.2) is 4.39 Å². The van der Waals surface area contributed by atoms with Crippen molar-refractivity contribution in [1.29, 1.82) is 0 Å². The van der Waals surface area contributed by atoms with Crippen LogP contribution in [0.2, 0.25) is 0 Å². The fourth-order valence-corrected chi connectivity index (χ4v) is 8.68. The van der Waals surface area contributed by atoms with Crippen molar-refractivity contribution in [3.05, 3.63) is 59.3 Å². The van der Waals surface area contributed by atoms with E-state index in [4.69, 9.17) is 9.57 Å². The summed E-state index contributed by atoms with van der Waals surface area (Å²) in [6.07, 6.45) is 11.3. The van der Waals surface area contributed by atoms with Gasteiger partial charge in [0.2, 0.25) is 0 Å². The Kier molecular flexibility index (Phi) is 6.11. The van der Waals surface area contributed by atoms with Gasteiger partial charge in [0, 0.05) is 50.3 Å². The normalized spacial score (nSPS) is 39.4. The predicted octanol–water partition coefficient (Wildman–Crippen LogP) is 3.95. The van der Waals surface area contributed by atoms with Crippen molar-refractivity contribution < 1.29 is 19.1 Å². The third-order valence-electron chi connectivity index (χ3n) is 10.3. The molecule has 1 aromatic rings. The molecule has 0 radical (unpaired) electrons. The van der Waals surface area contributed by atoms with E-state index in [2.05, 4.69) is 22.5 Å².